The maximum absolute atomic E-state index is 12.5. The molecule has 26 heavy (non-hydrogen) atoms. The number of rotatable bonds is 5. The molecule has 0 saturated carbocycles. The summed E-state index contributed by atoms with van der Waals surface area (Å²) in [6, 6.07) is 10.8. The van der Waals surface area contributed by atoms with Crippen LogP contribution in [0.3, 0.4) is 0 Å². The van der Waals surface area contributed by atoms with Crippen LogP contribution in [0.15, 0.2) is 48.5 Å². The summed E-state index contributed by atoms with van der Waals surface area (Å²) < 4.78 is 42.6. The van der Waals surface area contributed by atoms with Crippen LogP contribution in [-0.4, -0.2) is 18.0 Å². The summed E-state index contributed by atoms with van der Waals surface area (Å²) in [5.74, 6) is -1.29. The zero-order valence-corrected chi connectivity index (χ0v) is 14.3. The Morgan fingerprint density at radius 1 is 1.04 bits per heavy atom. The first-order chi connectivity index (χ1) is 12.2. The molecule has 0 aliphatic carbocycles. The largest absolute Gasteiger partial charge is 0.449 e. The maximum atomic E-state index is 12.5. The zero-order chi connectivity index (χ0) is 19.3. The van der Waals surface area contributed by atoms with Gasteiger partial charge in [-0.05, 0) is 55.3 Å². The second-order valence-electron chi connectivity index (χ2n) is 5.66. The number of alkyl halides is 3. The molecule has 0 bridgehead atoms. The van der Waals surface area contributed by atoms with Gasteiger partial charge in [-0.1, -0.05) is 19.1 Å². The summed E-state index contributed by atoms with van der Waals surface area (Å²) in [5.41, 5.74) is 0.745. The van der Waals surface area contributed by atoms with E-state index in [0.717, 1.165) is 36.2 Å². The van der Waals surface area contributed by atoms with E-state index in [4.69, 9.17) is 4.74 Å². The number of amides is 1. The fourth-order valence-electron chi connectivity index (χ4n) is 2.15. The zero-order valence-electron chi connectivity index (χ0n) is 14.3. The minimum absolute atomic E-state index is 0.179. The molecule has 2 aromatic carbocycles. The Hall–Kier alpha value is -2.83. The summed E-state index contributed by atoms with van der Waals surface area (Å²) in [6.07, 6.45) is -4.71. The van der Waals surface area contributed by atoms with E-state index in [-0.39, 0.29) is 5.69 Å². The normalized spacial score (nSPS) is 12.3. The van der Waals surface area contributed by atoms with Crippen molar-refractivity contribution < 1.29 is 27.5 Å². The first-order valence-electron chi connectivity index (χ1n) is 7.98. The molecule has 0 spiro atoms. The molecule has 0 radical (unpaired) electrons. The predicted molar refractivity (Wildman–Crippen MR) is 90.8 cm³/mol. The molecule has 2 aromatic rings. The van der Waals surface area contributed by atoms with Crippen LogP contribution in [0.25, 0.3) is 0 Å². The molecule has 1 atom stereocenters. The van der Waals surface area contributed by atoms with E-state index in [1.807, 2.05) is 6.92 Å². The van der Waals surface area contributed by atoms with Crippen LogP contribution in [0.5, 0.6) is 0 Å². The lowest BCUT2D eigenvalue weighted by Crippen LogP contribution is -2.30. The molecule has 0 aliphatic rings. The van der Waals surface area contributed by atoms with E-state index in [9.17, 15) is 22.8 Å². The van der Waals surface area contributed by atoms with Crippen molar-refractivity contribution in [3.8, 4) is 0 Å². The predicted octanol–water partition coefficient (Wildman–Crippen LogP) is 4.45. The third kappa shape index (κ3) is 5.08. The van der Waals surface area contributed by atoms with Gasteiger partial charge in [-0.3, -0.25) is 4.79 Å². The highest BCUT2D eigenvalue weighted by molar-refractivity contribution is 5.97. The summed E-state index contributed by atoms with van der Waals surface area (Å²) in [7, 11) is 0. The van der Waals surface area contributed by atoms with Gasteiger partial charge in [0.25, 0.3) is 5.91 Å². The molecule has 1 N–H and O–H groups in total. The monoisotopic (exact) mass is 365 g/mol. The third-order valence-electron chi connectivity index (χ3n) is 3.73. The summed E-state index contributed by atoms with van der Waals surface area (Å²) in [4.78, 5) is 24.1. The second-order valence-corrected chi connectivity index (χ2v) is 5.66. The number of halogens is 3. The fourth-order valence-corrected chi connectivity index (χ4v) is 2.15. The molecule has 1 amide bonds. The van der Waals surface area contributed by atoms with Crippen molar-refractivity contribution in [1.29, 1.82) is 0 Å². The smallest absolute Gasteiger partial charge is 0.416 e. The minimum atomic E-state index is -4.45. The average molecular weight is 365 g/mol. The topological polar surface area (TPSA) is 55.4 Å². The van der Waals surface area contributed by atoms with Crippen LogP contribution in [0.2, 0.25) is 0 Å². The van der Waals surface area contributed by atoms with Crippen LogP contribution in [0.1, 0.15) is 35.3 Å². The molecule has 0 unspecified atom stereocenters. The highest BCUT2D eigenvalue weighted by Crippen LogP contribution is 2.29. The number of benzene rings is 2. The van der Waals surface area contributed by atoms with Crippen LogP contribution < -0.4 is 5.32 Å². The Morgan fingerprint density at radius 2 is 1.62 bits per heavy atom. The van der Waals surface area contributed by atoms with E-state index in [1.54, 1.807) is 24.3 Å². The quantitative estimate of drug-likeness (QED) is 0.797. The lowest BCUT2D eigenvalue weighted by atomic mass is 10.1. The number of hydrogen-bond acceptors (Lipinski definition) is 3. The minimum Gasteiger partial charge on any atom is -0.449 e. The van der Waals surface area contributed by atoms with Crippen LogP contribution >= 0.6 is 0 Å². The van der Waals surface area contributed by atoms with Crippen molar-refractivity contribution in [3.05, 3.63) is 65.2 Å². The van der Waals surface area contributed by atoms with Crippen LogP contribution in [-0.2, 0) is 22.1 Å². The number of ether oxygens (including phenoxy) is 1. The number of anilines is 1. The highest BCUT2D eigenvalue weighted by atomic mass is 19.4. The SMILES string of the molecule is CCc1ccc(C(=O)O[C@H](C)C(=O)Nc2ccc(C(F)(F)F)cc2)cc1. The second kappa shape index (κ2) is 8.03. The molecule has 2 rings (SSSR count). The van der Waals surface area contributed by atoms with E-state index >= 15 is 0 Å². The Kier molecular flexibility index (Phi) is 6.02. The first-order valence-corrected chi connectivity index (χ1v) is 7.98. The van der Waals surface area contributed by atoms with Gasteiger partial charge in [0, 0.05) is 5.69 Å². The number of nitrogens with one attached hydrogen (secondary N) is 1. The standard InChI is InChI=1S/C19H18F3NO3/c1-3-13-4-6-14(7-5-13)18(25)26-12(2)17(24)23-16-10-8-15(9-11-16)19(20,21)22/h4-12H,3H2,1-2H3,(H,23,24)/t12-/m1/s1. The van der Waals surface area contributed by atoms with E-state index in [2.05, 4.69) is 5.32 Å². The van der Waals surface area contributed by atoms with Crippen LogP contribution in [0, 0.1) is 0 Å². The van der Waals surface area contributed by atoms with Gasteiger partial charge in [-0.2, -0.15) is 13.2 Å². The number of hydrogen-bond donors (Lipinski definition) is 1. The van der Waals surface area contributed by atoms with Crippen molar-refractivity contribution in [3.63, 3.8) is 0 Å². The fraction of sp³-hybridized carbons (Fsp3) is 0.263. The average Bonchev–Trinajstić information content (AvgIpc) is 2.61. The van der Waals surface area contributed by atoms with E-state index in [0.29, 0.717) is 5.56 Å². The Bertz CT molecular complexity index is 768. The van der Waals surface area contributed by atoms with Gasteiger partial charge in [0.2, 0.25) is 0 Å². The van der Waals surface area contributed by atoms with Crippen molar-refractivity contribution in [2.45, 2.75) is 32.5 Å². The summed E-state index contributed by atoms with van der Waals surface area (Å²) in [5, 5.41) is 2.41. The number of carbonyl (C=O) groups excluding carboxylic acids is 2. The lowest BCUT2D eigenvalue weighted by Gasteiger charge is -2.14. The third-order valence-corrected chi connectivity index (χ3v) is 3.73. The number of aryl methyl sites for hydroxylation is 1. The van der Waals surface area contributed by atoms with E-state index < -0.39 is 29.7 Å². The van der Waals surface area contributed by atoms with Gasteiger partial charge >= 0.3 is 12.1 Å². The van der Waals surface area contributed by atoms with Crippen LogP contribution in [0.4, 0.5) is 18.9 Å². The molecule has 4 nitrogen and oxygen atoms in total. The first kappa shape index (κ1) is 19.5. The van der Waals surface area contributed by atoms with Gasteiger partial charge in [-0.25, -0.2) is 4.79 Å². The van der Waals surface area contributed by atoms with Crippen molar-refractivity contribution >= 4 is 17.6 Å². The van der Waals surface area contributed by atoms with Crippen molar-refractivity contribution in [1.82, 2.24) is 0 Å². The Balaban J connectivity index is 1.95. The van der Waals surface area contributed by atoms with Gasteiger partial charge in [0.15, 0.2) is 6.10 Å². The van der Waals surface area contributed by atoms with Gasteiger partial charge in [0.05, 0.1) is 11.1 Å². The summed E-state index contributed by atoms with van der Waals surface area (Å²) in [6.45, 7) is 3.37. The summed E-state index contributed by atoms with van der Waals surface area (Å²) >= 11 is 0. The van der Waals surface area contributed by atoms with Gasteiger partial charge < -0.3 is 10.1 Å². The molecule has 7 heteroatoms. The van der Waals surface area contributed by atoms with Gasteiger partial charge in [-0.15, -0.1) is 0 Å². The Morgan fingerprint density at radius 3 is 2.12 bits per heavy atom. The number of esters is 1. The Labute approximate surface area is 149 Å². The molecule has 0 aliphatic heterocycles. The molecule has 0 saturated heterocycles. The van der Waals surface area contributed by atoms with Crippen molar-refractivity contribution in [2.24, 2.45) is 0 Å². The lowest BCUT2D eigenvalue weighted by molar-refractivity contribution is -0.137. The molecule has 0 aromatic heterocycles. The maximum Gasteiger partial charge on any atom is 0.416 e. The molecule has 138 valence electrons. The molecule has 0 heterocycles. The van der Waals surface area contributed by atoms with E-state index in [1.165, 1.54) is 6.92 Å². The highest BCUT2D eigenvalue weighted by Gasteiger charge is 2.30. The van der Waals surface area contributed by atoms with Crippen molar-refractivity contribution in [2.75, 3.05) is 5.32 Å². The van der Waals surface area contributed by atoms with Gasteiger partial charge in [0.1, 0.15) is 0 Å². The molecular weight excluding hydrogens is 347 g/mol. The molecule has 0 fully saturated rings. The number of carbonyl (C=O) groups is 2. The molecular formula is C19H18F3NO3.